The van der Waals surface area contributed by atoms with Gasteiger partial charge in [-0.2, -0.15) is 0 Å². The van der Waals surface area contributed by atoms with Crippen LogP contribution in [0.1, 0.15) is 12.8 Å². The van der Waals surface area contributed by atoms with Crippen LogP contribution < -0.4 is 5.32 Å². The van der Waals surface area contributed by atoms with E-state index in [4.69, 9.17) is 4.74 Å². The third-order valence-electron chi connectivity index (χ3n) is 1.74. The number of hydrogen-bond donors (Lipinski definition) is 1. The highest BCUT2D eigenvalue weighted by atomic mass is 16.6. The smallest absolute Gasteiger partial charge is 0.205 e. The maximum atomic E-state index is 10.0. The van der Waals surface area contributed by atoms with E-state index >= 15 is 0 Å². The van der Waals surface area contributed by atoms with E-state index in [0.29, 0.717) is 13.0 Å². The van der Waals surface area contributed by atoms with Gasteiger partial charge in [0, 0.05) is 31.1 Å². The molecule has 0 saturated heterocycles. The van der Waals surface area contributed by atoms with Gasteiger partial charge in [-0.25, -0.2) is 0 Å². The normalized spacial score (nSPS) is 12.8. The van der Waals surface area contributed by atoms with Gasteiger partial charge in [0.2, 0.25) is 6.54 Å². The van der Waals surface area contributed by atoms with Crippen LogP contribution in [0.5, 0.6) is 0 Å². The van der Waals surface area contributed by atoms with Crippen LogP contribution in [0.25, 0.3) is 0 Å². The maximum absolute atomic E-state index is 10.0. The third kappa shape index (κ3) is 6.06. The molecule has 0 aromatic carbocycles. The quantitative estimate of drug-likeness (QED) is 0.447. The molecule has 0 rings (SSSR count). The van der Waals surface area contributed by atoms with Crippen molar-refractivity contribution in [2.45, 2.75) is 18.9 Å². The molecule has 0 aliphatic heterocycles. The van der Waals surface area contributed by atoms with E-state index in [-0.39, 0.29) is 17.5 Å². The molecule has 5 nitrogen and oxygen atoms in total. The van der Waals surface area contributed by atoms with Crippen LogP contribution in [-0.2, 0) is 4.74 Å². The average Bonchev–Trinajstić information content (AvgIpc) is 2.05. The fraction of sp³-hybridized carbons (Fsp3) is 1.00. The Balaban J connectivity index is 3.45. The molecular weight excluding hydrogens is 160 g/mol. The van der Waals surface area contributed by atoms with Crippen LogP contribution in [0.2, 0.25) is 0 Å². The first-order chi connectivity index (χ1) is 5.70. The van der Waals surface area contributed by atoms with Crippen molar-refractivity contribution in [2.24, 2.45) is 0 Å². The highest BCUT2D eigenvalue weighted by molar-refractivity contribution is 4.62. The average molecular weight is 176 g/mol. The molecule has 0 unspecified atom stereocenters. The highest BCUT2D eigenvalue weighted by Gasteiger charge is 2.08. The van der Waals surface area contributed by atoms with E-state index < -0.39 is 0 Å². The number of nitro groups is 1. The van der Waals surface area contributed by atoms with Gasteiger partial charge in [-0.05, 0) is 13.5 Å². The van der Waals surface area contributed by atoms with Crippen LogP contribution in [0.3, 0.4) is 0 Å². The summed E-state index contributed by atoms with van der Waals surface area (Å²) in [4.78, 5) is 9.75. The highest BCUT2D eigenvalue weighted by Crippen LogP contribution is 1.97. The molecule has 0 saturated carbocycles. The Hall–Kier alpha value is -0.680. The molecule has 0 fully saturated rings. The van der Waals surface area contributed by atoms with Gasteiger partial charge in [0.05, 0.1) is 0 Å². The molecule has 1 N–H and O–H groups in total. The summed E-state index contributed by atoms with van der Waals surface area (Å²) >= 11 is 0. The van der Waals surface area contributed by atoms with Crippen molar-refractivity contribution < 1.29 is 9.66 Å². The largest absolute Gasteiger partial charge is 0.385 e. The van der Waals surface area contributed by atoms with Gasteiger partial charge in [-0.15, -0.1) is 0 Å². The second-order valence-electron chi connectivity index (χ2n) is 2.61. The van der Waals surface area contributed by atoms with Crippen LogP contribution in [0.15, 0.2) is 0 Å². The standard InChI is InChI=1S/C7H16N2O3/c1-8-7(4-6-12-2)3-5-9(10)11/h7-8H,3-6H2,1-2H3/t7-/m1/s1. The summed E-state index contributed by atoms with van der Waals surface area (Å²) in [5.74, 6) is 0. The summed E-state index contributed by atoms with van der Waals surface area (Å²) in [5, 5.41) is 13.0. The first-order valence-electron chi connectivity index (χ1n) is 3.98. The fourth-order valence-corrected chi connectivity index (χ4v) is 0.954. The molecular formula is C7H16N2O3. The minimum atomic E-state index is -0.295. The fourth-order valence-electron chi connectivity index (χ4n) is 0.954. The zero-order chi connectivity index (χ0) is 9.40. The zero-order valence-corrected chi connectivity index (χ0v) is 7.58. The molecule has 72 valence electrons. The number of nitrogens with one attached hydrogen (secondary N) is 1. The van der Waals surface area contributed by atoms with Gasteiger partial charge in [-0.1, -0.05) is 0 Å². The Bertz CT molecular complexity index is 130. The number of nitrogens with zero attached hydrogens (tertiary/aromatic N) is 1. The zero-order valence-electron chi connectivity index (χ0n) is 7.58. The van der Waals surface area contributed by atoms with E-state index in [1.54, 1.807) is 14.2 Å². The number of methoxy groups -OCH3 is 1. The second kappa shape index (κ2) is 7.00. The Morgan fingerprint density at radius 2 is 2.25 bits per heavy atom. The summed E-state index contributed by atoms with van der Waals surface area (Å²) in [6.45, 7) is 0.665. The van der Waals surface area contributed by atoms with E-state index in [1.165, 1.54) is 0 Å². The van der Waals surface area contributed by atoms with Gasteiger partial charge in [0.1, 0.15) is 0 Å². The Labute approximate surface area is 72.2 Å². The van der Waals surface area contributed by atoms with Crippen molar-refractivity contribution in [1.29, 1.82) is 0 Å². The van der Waals surface area contributed by atoms with Gasteiger partial charge < -0.3 is 10.1 Å². The van der Waals surface area contributed by atoms with E-state index in [2.05, 4.69) is 5.32 Å². The number of ether oxygens (including phenoxy) is 1. The second-order valence-corrected chi connectivity index (χ2v) is 2.61. The molecule has 0 amide bonds. The summed E-state index contributed by atoms with van der Waals surface area (Å²) in [6.07, 6.45) is 1.38. The predicted molar refractivity (Wildman–Crippen MR) is 45.8 cm³/mol. The van der Waals surface area contributed by atoms with Gasteiger partial charge >= 0.3 is 0 Å². The summed E-state index contributed by atoms with van der Waals surface area (Å²) < 4.78 is 4.87. The topological polar surface area (TPSA) is 64.4 Å². The van der Waals surface area contributed by atoms with E-state index in [0.717, 1.165) is 6.42 Å². The molecule has 5 heteroatoms. The van der Waals surface area contributed by atoms with Gasteiger partial charge in [0.25, 0.3) is 0 Å². The molecule has 0 aliphatic carbocycles. The first-order valence-corrected chi connectivity index (χ1v) is 3.98. The van der Waals surface area contributed by atoms with Crippen LogP contribution in [0.4, 0.5) is 0 Å². The van der Waals surface area contributed by atoms with E-state index in [1.807, 2.05) is 0 Å². The minimum Gasteiger partial charge on any atom is -0.385 e. The van der Waals surface area contributed by atoms with Crippen LogP contribution >= 0.6 is 0 Å². The first kappa shape index (κ1) is 11.3. The lowest BCUT2D eigenvalue weighted by Crippen LogP contribution is -2.28. The van der Waals surface area contributed by atoms with Crippen molar-refractivity contribution in [1.82, 2.24) is 5.32 Å². The Morgan fingerprint density at radius 1 is 1.58 bits per heavy atom. The lowest BCUT2D eigenvalue weighted by atomic mass is 10.1. The SMILES string of the molecule is CN[C@@H](CCOC)CC[N+](=O)[O-]. The summed E-state index contributed by atoms with van der Waals surface area (Å²) in [5.41, 5.74) is 0. The van der Waals surface area contributed by atoms with Crippen molar-refractivity contribution >= 4 is 0 Å². The predicted octanol–water partition coefficient (Wildman–Crippen LogP) is 0.278. The van der Waals surface area contributed by atoms with Crippen molar-refractivity contribution in [3.05, 3.63) is 10.1 Å². The number of hydrogen-bond acceptors (Lipinski definition) is 4. The summed E-state index contributed by atoms with van der Waals surface area (Å²) in [6, 6.07) is 0.190. The van der Waals surface area contributed by atoms with Crippen molar-refractivity contribution in [3.8, 4) is 0 Å². The summed E-state index contributed by atoms with van der Waals surface area (Å²) in [7, 11) is 3.43. The molecule has 0 radical (unpaired) electrons. The molecule has 0 bridgehead atoms. The molecule has 0 heterocycles. The lowest BCUT2D eigenvalue weighted by Gasteiger charge is -2.12. The molecule has 0 aromatic heterocycles. The minimum absolute atomic E-state index is 0.0230. The molecule has 0 aromatic rings. The van der Waals surface area contributed by atoms with Crippen LogP contribution in [-0.4, -0.2) is 38.3 Å². The van der Waals surface area contributed by atoms with Crippen LogP contribution in [0, 0.1) is 10.1 Å². The Kier molecular flexibility index (Phi) is 6.60. The lowest BCUT2D eigenvalue weighted by molar-refractivity contribution is -0.481. The maximum Gasteiger partial charge on any atom is 0.205 e. The van der Waals surface area contributed by atoms with Gasteiger partial charge in [0.15, 0.2) is 0 Å². The van der Waals surface area contributed by atoms with E-state index in [9.17, 15) is 10.1 Å². The Morgan fingerprint density at radius 3 is 2.67 bits per heavy atom. The van der Waals surface area contributed by atoms with Crippen molar-refractivity contribution in [2.75, 3.05) is 27.3 Å². The van der Waals surface area contributed by atoms with Gasteiger partial charge in [-0.3, -0.25) is 10.1 Å². The molecule has 1 atom stereocenters. The van der Waals surface area contributed by atoms with Crippen molar-refractivity contribution in [3.63, 3.8) is 0 Å². The number of rotatable bonds is 7. The molecule has 12 heavy (non-hydrogen) atoms. The third-order valence-corrected chi connectivity index (χ3v) is 1.74. The molecule has 0 aliphatic rings. The molecule has 0 spiro atoms. The monoisotopic (exact) mass is 176 g/mol.